The average Bonchev–Trinajstić information content (AvgIpc) is 2.45. The molecule has 3 N–H and O–H groups in total. The Morgan fingerprint density at radius 3 is 2.65 bits per heavy atom. The second kappa shape index (κ2) is 6.70. The topological polar surface area (TPSA) is 70.1 Å². The number of rotatable bonds is 6. The van der Waals surface area contributed by atoms with E-state index in [1.54, 1.807) is 12.1 Å². The highest BCUT2D eigenvalue weighted by Gasteiger charge is 2.05. The van der Waals surface area contributed by atoms with E-state index in [2.05, 4.69) is 20.6 Å². The van der Waals surface area contributed by atoms with Crippen molar-refractivity contribution < 1.29 is 9.50 Å². The zero-order valence-electron chi connectivity index (χ0n) is 11.2. The smallest absolute Gasteiger partial charge is 0.224 e. The number of halogens is 1. The molecule has 0 bridgehead atoms. The van der Waals surface area contributed by atoms with Gasteiger partial charge in [0.05, 0.1) is 6.20 Å². The van der Waals surface area contributed by atoms with E-state index in [1.807, 2.05) is 19.1 Å². The fraction of sp³-hybridized carbons (Fsp3) is 0.286. The van der Waals surface area contributed by atoms with Crippen LogP contribution in [0, 0.1) is 5.82 Å². The third-order valence-corrected chi connectivity index (χ3v) is 2.72. The van der Waals surface area contributed by atoms with Crippen LogP contribution in [0.2, 0.25) is 0 Å². The van der Waals surface area contributed by atoms with Crippen LogP contribution in [0.1, 0.15) is 12.5 Å². The van der Waals surface area contributed by atoms with Gasteiger partial charge in [-0.2, -0.15) is 4.98 Å². The third kappa shape index (κ3) is 3.81. The highest BCUT2D eigenvalue weighted by Crippen LogP contribution is 2.13. The van der Waals surface area contributed by atoms with Gasteiger partial charge in [-0.05, 0) is 31.0 Å². The first-order chi connectivity index (χ1) is 9.69. The predicted octanol–water partition coefficient (Wildman–Crippen LogP) is 2.41. The largest absolute Gasteiger partial charge is 0.508 e. The van der Waals surface area contributed by atoms with Gasteiger partial charge in [0.15, 0.2) is 11.6 Å². The van der Waals surface area contributed by atoms with Crippen LogP contribution in [0.4, 0.5) is 16.2 Å². The van der Waals surface area contributed by atoms with Gasteiger partial charge in [0.1, 0.15) is 5.75 Å². The summed E-state index contributed by atoms with van der Waals surface area (Å²) in [7, 11) is 0. The molecule has 0 atom stereocenters. The number of anilines is 2. The predicted molar refractivity (Wildman–Crippen MR) is 76.5 cm³/mol. The number of aromatic hydroxyl groups is 1. The molecule has 0 saturated heterocycles. The fourth-order valence-corrected chi connectivity index (χ4v) is 1.72. The first-order valence-corrected chi connectivity index (χ1v) is 6.47. The number of hydrogen-bond donors (Lipinski definition) is 3. The number of benzene rings is 1. The zero-order valence-corrected chi connectivity index (χ0v) is 11.2. The minimum atomic E-state index is -0.475. The molecule has 0 spiro atoms. The molecule has 0 aliphatic rings. The highest BCUT2D eigenvalue weighted by atomic mass is 19.1. The lowest BCUT2D eigenvalue weighted by molar-refractivity contribution is 0.475. The van der Waals surface area contributed by atoms with E-state index < -0.39 is 5.82 Å². The Labute approximate surface area is 116 Å². The van der Waals surface area contributed by atoms with Crippen molar-refractivity contribution in [2.24, 2.45) is 0 Å². The van der Waals surface area contributed by atoms with E-state index in [9.17, 15) is 9.50 Å². The summed E-state index contributed by atoms with van der Waals surface area (Å²) in [5.41, 5.74) is 1.05. The maximum Gasteiger partial charge on any atom is 0.224 e. The van der Waals surface area contributed by atoms with Crippen LogP contribution in [-0.4, -0.2) is 28.2 Å². The molecule has 1 aromatic carbocycles. The van der Waals surface area contributed by atoms with Crippen LogP contribution in [0.5, 0.6) is 5.75 Å². The van der Waals surface area contributed by atoms with Crippen molar-refractivity contribution >= 4 is 11.8 Å². The molecule has 0 aliphatic heterocycles. The molecule has 0 aliphatic carbocycles. The summed E-state index contributed by atoms with van der Waals surface area (Å²) in [5, 5.41) is 15.1. The molecule has 1 heterocycles. The Hall–Kier alpha value is -2.37. The van der Waals surface area contributed by atoms with Crippen LogP contribution in [0.25, 0.3) is 0 Å². The molecule has 0 saturated carbocycles. The van der Waals surface area contributed by atoms with Crippen molar-refractivity contribution in [3.05, 3.63) is 41.8 Å². The normalized spacial score (nSPS) is 10.3. The van der Waals surface area contributed by atoms with Crippen molar-refractivity contribution in [1.29, 1.82) is 0 Å². The van der Waals surface area contributed by atoms with E-state index in [-0.39, 0.29) is 11.6 Å². The number of phenols is 1. The maximum atomic E-state index is 13.5. The van der Waals surface area contributed by atoms with Gasteiger partial charge in [0.25, 0.3) is 0 Å². The van der Waals surface area contributed by atoms with Crippen LogP contribution in [0.3, 0.4) is 0 Å². The molecule has 0 amide bonds. The summed E-state index contributed by atoms with van der Waals surface area (Å²) in [5.74, 6) is 0.354. The standard InChI is InChI=1S/C14H17FN4O/c1-2-16-14-18-9-12(15)13(19-14)17-8-7-10-3-5-11(20)6-4-10/h3-6,9,20H,2,7-8H2,1H3,(H2,16,17,18,19). The van der Waals surface area contributed by atoms with Gasteiger partial charge in [0, 0.05) is 13.1 Å². The van der Waals surface area contributed by atoms with E-state index in [0.29, 0.717) is 25.5 Å². The molecule has 2 aromatic rings. The van der Waals surface area contributed by atoms with Crippen LogP contribution in [0.15, 0.2) is 30.5 Å². The molecule has 106 valence electrons. The monoisotopic (exact) mass is 276 g/mol. The lowest BCUT2D eigenvalue weighted by Crippen LogP contribution is -2.10. The van der Waals surface area contributed by atoms with E-state index >= 15 is 0 Å². The second-order valence-corrected chi connectivity index (χ2v) is 4.26. The van der Waals surface area contributed by atoms with Gasteiger partial charge in [-0.3, -0.25) is 0 Å². The molecule has 1 aromatic heterocycles. The Morgan fingerprint density at radius 1 is 1.20 bits per heavy atom. The van der Waals surface area contributed by atoms with E-state index in [1.165, 1.54) is 0 Å². The van der Waals surface area contributed by atoms with Gasteiger partial charge in [-0.15, -0.1) is 0 Å². The molecule has 0 unspecified atom stereocenters. The van der Waals surface area contributed by atoms with E-state index in [0.717, 1.165) is 11.8 Å². The molecule has 5 nitrogen and oxygen atoms in total. The quantitative estimate of drug-likeness (QED) is 0.756. The zero-order chi connectivity index (χ0) is 14.4. The average molecular weight is 276 g/mol. The fourth-order valence-electron chi connectivity index (χ4n) is 1.72. The number of nitrogens with one attached hydrogen (secondary N) is 2. The molecular weight excluding hydrogens is 259 g/mol. The molecular formula is C14H17FN4O. The summed E-state index contributed by atoms with van der Waals surface area (Å²) >= 11 is 0. The lowest BCUT2D eigenvalue weighted by Gasteiger charge is -2.08. The van der Waals surface area contributed by atoms with Crippen molar-refractivity contribution in [2.75, 3.05) is 23.7 Å². The first kappa shape index (κ1) is 14.0. The van der Waals surface area contributed by atoms with Gasteiger partial charge in [-0.1, -0.05) is 12.1 Å². The Balaban J connectivity index is 1.93. The van der Waals surface area contributed by atoms with Crippen molar-refractivity contribution in [2.45, 2.75) is 13.3 Å². The third-order valence-electron chi connectivity index (χ3n) is 2.72. The van der Waals surface area contributed by atoms with E-state index in [4.69, 9.17) is 0 Å². The molecule has 6 heteroatoms. The van der Waals surface area contributed by atoms with Gasteiger partial charge < -0.3 is 15.7 Å². The van der Waals surface area contributed by atoms with Crippen molar-refractivity contribution in [3.8, 4) is 5.75 Å². The number of nitrogens with zero attached hydrogens (tertiary/aromatic N) is 2. The number of hydrogen-bond acceptors (Lipinski definition) is 5. The summed E-state index contributed by atoms with van der Waals surface area (Å²) < 4.78 is 13.5. The van der Waals surface area contributed by atoms with Crippen molar-refractivity contribution in [3.63, 3.8) is 0 Å². The SMILES string of the molecule is CCNc1ncc(F)c(NCCc2ccc(O)cc2)n1. The number of phenolic OH excluding ortho intramolecular Hbond substituents is 1. The Bertz CT molecular complexity index is 560. The Morgan fingerprint density at radius 2 is 1.95 bits per heavy atom. The highest BCUT2D eigenvalue weighted by molar-refractivity contribution is 5.41. The van der Waals surface area contributed by atoms with Gasteiger partial charge in [-0.25, -0.2) is 9.37 Å². The molecule has 20 heavy (non-hydrogen) atoms. The molecule has 0 fully saturated rings. The van der Waals surface area contributed by atoms with Crippen LogP contribution < -0.4 is 10.6 Å². The van der Waals surface area contributed by atoms with Crippen LogP contribution in [-0.2, 0) is 6.42 Å². The summed E-state index contributed by atoms with van der Waals surface area (Å²) in [6.07, 6.45) is 1.86. The maximum absolute atomic E-state index is 13.5. The first-order valence-electron chi connectivity index (χ1n) is 6.47. The molecule has 2 rings (SSSR count). The summed E-state index contributed by atoms with van der Waals surface area (Å²) in [6, 6.07) is 6.92. The summed E-state index contributed by atoms with van der Waals surface area (Å²) in [6.45, 7) is 3.15. The molecule has 0 radical (unpaired) electrons. The number of aromatic nitrogens is 2. The van der Waals surface area contributed by atoms with Gasteiger partial charge in [0.2, 0.25) is 5.95 Å². The Kier molecular flexibility index (Phi) is 4.70. The van der Waals surface area contributed by atoms with Crippen LogP contribution >= 0.6 is 0 Å². The summed E-state index contributed by atoms with van der Waals surface area (Å²) in [4.78, 5) is 7.90. The minimum Gasteiger partial charge on any atom is -0.508 e. The van der Waals surface area contributed by atoms with Crippen molar-refractivity contribution in [1.82, 2.24) is 9.97 Å². The van der Waals surface area contributed by atoms with Gasteiger partial charge >= 0.3 is 0 Å². The second-order valence-electron chi connectivity index (χ2n) is 4.26. The lowest BCUT2D eigenvalue weighted by atomic mass is 10.1. The minimum absolute atomic E-state index is 0.190.